The highest BCUT2D eigenvalue weighted by Crippen LogP contribution is 2.45. The predicted molar refractivity (Wildman–Crippen MR) is 198 cm³/mol. The summed E-state index contributed by atoms with van der Waals surface area (Å²) < 4.78 is 303. The molecule has 0 amide bonds. The summed E-state index contributed by atoms with van der Waals surface area (Å²) in [5, 5.41) is 0. The molecule has 0 saturated carbocycles. The molecule has 4 aromatic carbocycles. The molecule has 1 atom stereocenters. The average molecular weight is 975 g/mol. The van der Waals surface area contributed by atoms with Crippen molar-refractivity contribution in [1.29, 1.82) is 0 Å². The van der Waals surface area contributed by atoms with Crippen molar-refractivity contribution in [2.24, 2.45) is 20.0 Å². The van der Waals surface area contributed by atoms with E-state index in [0.29, 0.717) is 42.5 Å². The molecule has 24 heteroatoms. The quantitative estimate of drug-likeness (QED) is 0.111. The highest BCUT2D eigenvalue weighted by molar-refractivity contribution is 6.34. The van der Waals surface area contributed by atoms with Crippen molar-refractivity contribution in [3.05, 3.63) is 204 Å². The maximum Gasteiger partial charge on any atom is 0.200 e. The average Bonchev–Trinajstić information content (AvgIpc) is 4.18. The maximum atomic E-state index is 15.8. The van der Waals surface area contributed by atoms with E-state index in [0.717, 1.165) is 0 Å². The molecule has 5 heterocycles. The normalized spacial score (nSPS) is 17.6. The number of fused-ring (bicyclic) bond motifs is 4. The first-order chi connectivity index (χ1) is 32.1. The summed E-state index contributed by atoms with van der Waals surface area (Å²) >= 11 is 0. The Bertz CT molecular complexity index is 3360. The number of nitrogens with zero attached hydrogens (tertiary/aromatic N) is 4. The van der Waals surface area contributed by atoms with Crippen molar-refractivity contribution < 1.29 is 87.8 Å². The van der Waals surface area contributed by atoms with Crippen molar-refractivity contribution in [2.45, 2.75) is 12.3 Å². The molecule has 0 saturated heterocycles. The standard InChI is InChI=1S/C44H10F20N4/c45-25-21(26(46)34(54)41(61)33(25)53)17-9-1-2-10(65-9)18(22-27(47)35(55)42(62)36(56)28(22)48)12-5-6-14(67-12)20(24-31(51)39(59)44(64)40(60)32(24)52)16-8-7-15(68-16)19(13-4-3-11(17)66-13)23-29(49)37(57)43(63)38(58)30(23)50/h1-7,18H,8H2. The summed E-state index contributed by atoms with van der Waals surface area (Å²) in [4.78, 5) is 15.8. The maximum absolute atomic E-state index is 15.8. The summed E-state index contributed by atoms with van der Waals surface area (Å²) in [7, 11) is 0. The number of hydrogen-bond donors (Lipinski definition) is 0. The van der Waals surface area contributed by atoms with Gasteiger partial charge in [-0.1, -0.05) is 6.08 Å². The summed E-state index contributed by atoms with van der Waals surface area (Å²) in [6.45, 7) is 0. The van der Waals surface area contributed by atoms with Crippen LogP contribution < -0.4 is 0 Å². The molecule has 0 radical (unpaired) electrons. The van der Waals surface area contributed by atoms with Gasteiger partial charge in [0.1, 0.15) is 0 Å². The number of halogens is 20. The van der Waals surface area contributed by atoms with Crippen LogP contribution >= 0.6 is 0 Å². The van der Waals surface area contributed by atoms with Crippen LogP contribution in [0.4, 0.5) is 87.8 Å². The number of benzene rings is 4. The van der Waals surface area contributed by atoms with Crippen LogP contribution in [-0.2, 0) is 0 Å². The Kier molecular flexibility index (Phi) is 10.7. The van der Waals surface area contributed by atoms with Crippen molar-refractivity contribution in [3.8, 4) is 0 Å². The molecule has 5 aliphatic heterocycles. The Balaban J connectivity index is 1.47. The van der Waals surface area contributed by atoms with Crippen molar-refractivity contribution in [1.82, 2.24) is 0 Å². The first kappa shape index (κ1) is 45.5. The molecule has 346 valence electrons. The minimum absolute atomic E-state index is 0.583. The summed E-state index contributed by atoms with van der Waals surface area (Å²) in [6.07, 6.45) is 3.31. The predicted octanol–water partition coefficient (Wildman–Crippen LogP) is 12.6. The number of aliphatic imine (C=N–C) groups is 4. The molecule has 0 aromatic heterocycles. The molecule has 8 bridgehead atoms. The Labute approximate surface area is 363 Å². The molecular formula is C44H10F20N4. The Morgan fingerprint density at radius 3 is 1.06 bits per heavy atom. The lowest BCUT2D eigenvalue weighted by atomic mass is 9.88. The van der Waals surface area contributed by atoms with Gasteiger partial charge in [0.2, 0.25) is 23.3 Å². The third-order valence-corrected chi connectivity index (χ3v) is 10.8. The summed E-state index contributed by atoms with van der Waals surface area (Å²) in [5.41, 5.74) is -19.5. The van der Waals surface area contributed by atoms with Crippen LogP contribution in [0.1, 0.15) is 34.6 Å². The first-order valence-electron chi connectivity index (χ1n) is 18.5. The monoisotopic (exact) mass is 974 g/mol. The van der Waals surface area contributed by atoms with Crippen LogP contribution in [0, 0.1) is 116 Å². The van der Waals surface area contributed by atoms with Gasteiger partial charge in [-0.3, -0.25) is 15.0 Å². The van der Waals surface area contributed by atoms with Gasteiger partial charge < -0.3 is 0 Å². The van der Waals surface area contributed by atoms with Gasteiger partial charge in [0, 0.05) is 28.7 Å². The molecule has 5 aliphatic rings. The zero-order valence-electron chi connectivity index (χ0n) is 32.2. The van der Waals surface area contributed by atoms with Crippen LogP contribution in [-0.4, -0.2) is 22.8 Å². The van der Waals surface area contributed by atoms with Crippen LogP contribution in [0.2, 0.25) is 0 Å². The summed E-state index contributed by atoms with van der Waals surface area (Å²) in [5.74, 6) is -55.3. The molecule has 0 N–H and O–H groups in total. The second kappa shape index (κ2) is 16.0. The molecule has 4 aromatic rings. The van der Waals surface area contributed by atoms with Gasteiger partial charge in [-0.15, -0.1) is 0 Å². The molecule has 68 heavy (non-hydrogen) atoms. The molecule has 1 unspecified atom stereocenters. The fourth-order valence-electron chi connectivity index (χ4n) is 7.73. The Hall–Kier alpha value is -7.66. The van der Waals surface area contributed by atoms with Gasteiger partial charge in [0.05, 0.1) is 68.2 Å². The number of allylic oxidation sites excluding steroid dienone is 10. The zero-order chi connectivity index (χ0) is 49.3. The van der Waals surface area contributed by atoms with E-state index >= 15 is 35.1 Å². The smallest absolute Gasteiger partial charge is 0.200 e. The molecule has 0 aliphatic carbocycles. The molecular weight excluding hydrogens is 964 g/mol. The van der Waals surface area contributed by atoms with Crippen LogP contribution in [0.25, 0.3) is 16.7 Å². The van der Waals surface area contributed by atoms with Crippen LogP contribution in [0.15, 0.2) is 85.3 Å². The largest absolute Gasteiger partial charge is 0.252 e. The van der Waals surface area contributed by atoms with E-state index in [9.17, 15) is 52.7 Å². The van der Waals surface area contributed by atoms with Gasteiger partial charge in [-0.2, -0.15) is 0 Å². The van der Waals surface area contributed by atoms with E-state index in [1.165, 1.54) is 0 Å². The highest BCUT2D eigenvalue weighted by atomic mass is 19.2. The van der Waals surface area contributed by atoms with Gasteiger partial charge in [0.15, 0.2) is 93.1 Å². The first-order valence-corrected chi connectivity index (χ1v) is 18.5. The van der Waals surface area contributed by atoms with Crippen molar-refractivity contribution in [2.75, 3.05) is 0 Å². The molecule has 0 fully saturated rings. The minimum Gasteiger partial charge on any atom is -0.252 e. The minimum atomic E-state index is -2.72. The van der Waals surface area contributed by atoms with Crippen molar-refractivity contribution in [3.63, 3.8) is 0 Å². The fraction of sp³-hybridized carbons (Fsp3) is 0.0455. The van der Waals surface area contributed by atoms with E-state index in [-0.39, 0.29) is 0 Å². The van der Waals surface area contributed by atoms with Crippen molar-refractivity contribution >= 4 is 39.6 Å². The van der Waals surface area contributed by atoms with E-state index in [1.54, 1.807) is 0 Å². The third-order valence-electron chi connectivity index (χ3n) is 10.8. The highest BCUT2D eigenvalue weighted by Gasteiger charge is 2.41. The Morgan fingerprint density at radius 1 is 0.309 bits per heavy atom. The number of hydrogen-bond acceptors (Lipinski definition) is 4. The molecule has 4 nitrogen and oxygen atoms in total. The van der Waals surface area contributed by atoms with Gasteiger partial charge in [-0.25, -0.2) is 92.8 Å². The lowest BCUT2D eigenvalue weighted by Crippen LogP contribution is -2.23. The second-order valence-corrected chi connectivity index (χ2v) is 14.5. The van der Waals surface area contributed by atoms with Crippen LogP contribution in [0.5, 0.6) is 0 Å². The SMILES string of the molecule is Fc1c(F)c(F)c(C2=C3C=CC(=N3)C(c3c(F)c(F)c(F)c(F)c3F)=C3C=CC(=N3)C(c3c(F)c(F)c(F)c(F)c3F)C3=NC(=C(c4c(F)c(F)c(F)c(F)c4F)C4=NC2=CC4)C=C3)c(F)c1F. The summed E-state index contributed by atoms with van der Waals surface area (Å²) in [6, 6.07) is 0. The fourth-order valence-corrected chi connectivity index (χ4v) is 7.73. The second-order valence-electron chi connectivity index (χ2n) is 14.5. The van der Waals surface area contributed by atoms with E-state index in [2.05, 4.69) is 20.0 Å². The molecule has 0 spiro atoms. The van der Waals surface area contributed by atoms with E-state index in [1.807, 2.05) is 0 Å². The van der Waals surface area contributed by atoms with Crippen LogP contribution in [0.3, 0.4) is 0 Å². The van der Waals surface area contributed by atoms with Gasteiger partial charge >= 0.3 is 0 Å². The lowest BCUT2D eigenvalue weighted by molar-refractivity contribution is 0.371. The molecule has 9 rings (SSSR count). The number of rotatable bonds is 4. The lowest BCUT2D eigenvalue weighted by Gasteiger charge is -2.19. The van der Waals surface area contributed by atoms with Gasteiger partial charge in [0.25, 0.3) is 0 Å². The zero-order valence-corrected chi connectivity index (χ0v) is 32.2. The third kappa shape index (κ3) is 6.46. The van der Waals surface area contributed by atoms with Gasteiger partial charge in [-0.05, 0) is 36.5 Å². The van der Waals surface area contributed by atoms with E-state index in [4.69, 9.17) is 0 Å². The topological polar surface area (TPSA) is 49.4 Å². The van der Waals surface area contributed by atoms with E-state index < -0.39 is 213 Å². The Morgan fingerprint density at radius 2 is 0.632 bits per heavy atom.